The van der Waals surface area contributed by atoms with Crippen LogP contribution in [-0.4, -0.2) is 22.7 Å². The molecule has 0 spiro atoms. The van der Waals surface area contributed by atoms with E-state index >= 15 is 0 Å². The molecule has 0 aliphatic rings. The first kappa shape index (κ1) is 21.5. The summed E-state index contributed by atoms with van der Waals surface area (Å²) in [6.07, 6.45) is 7.98. The van der Waals surface area contributed by atoms with Crippen molar-refractivity contribution in [1.82, 2.24) is 4.98 Å². The summed E-state index contributed by atoms with van der Waals surface area (Å²) in [5, 5.41) is 10.2. The van der Waals surface area contributed by atoms with Crippen molar-refractivity contribution in [2.24, 2.45) is 0 Å². The van der Waals surface area contributed by atoms with Gasteiger partial charge >= 0.3 is 5.97 Å². The minimum Gasteiger partial charge on any atom is -0.482 e. The summed E-state index contributed by atoms with van der Waals surface area (Å²) in [4.78, 5) is 14.0. The zero-order chi connectivity index (χ0) is 20.8. The number of nitrogens with one attached hydrogen (secondary N) is 1. The van der Waals surface area contributed by atoms with Gasteiger partial charge in [0.05, 0.1) is 9.50 Å². The summed E-state index contributed by atoms with van der Waals surface area (Å²) in [6, 6.07) is 9.07. The molecule has 0 atom stereocenters. The Bertz CT molecular complexity index is 979. The van der Waals surface area contributed by atoms with E-state index in [-0.39, 0.29) is 0 Å². The molecule has 0 saturated heterocycles. The van der Waals surface area contributed by atoms with E-state index in [1.165, 1.54) is 31.2 Å². The molecular weight excluding hydrogens is 458 g/mol. The lowest BCUT2D eigenvalue weighted by Gasteiger charge is -2.12. The number of carbonyl (C=O) groups is 1. The number of H-pyrrole nitrogens is 1. The molecule has 0 fully saturated rings. The third-order valence-electron chi connectivity index (χ3n) is 4.59. The van der Waals surface area contributed by atoms with Crippen molar-refractivity contribution in [2.45, 2.75) is 39.0 Å². The molecule has 3 aromatic rings. The first-order valence-electron chi connectivity index (χ1n) is 9.59. The molecule has 0 radical (unpaired) electrons. The number of hydrogen-bond acceptors (Lipinski definition) is 3. The van der Waals surface area contributed by atoms with Crippen LogP contribution in [0.4, 0.5) is 0 Å². The van der Waals surface area contributed by atoms with Crippen LogP contribution in [0.5, 0.6) is 17.2 Å². The Morgan fingerprint density at radius 2 is 2.00 bits per heavy atom. The number of aliphatic carboxylic acids is 1. The summed E-state index contributed by atoms with van der Waals surface area (Å²) < 4.78 is 11.8. The van der Waals surface area contributed by atoms with Crippen molar-refractivity contribution >= 4 is 44.4 Å². The standard InChI is InChI=1S/C22H23BrClNO4/c1-2-3-4-5-6-14-12-25-20-8-7-15(9-17(14)20)29-22-18(23)10-16(11-19(22)24)28-13-21(26)27/h7-12,25H,2-6,13H2,1H3,(H,26,27). The third-order valence-corrected chi connectivity index (χ3v) is 5.46. The fraction of sp³-hybridized carbons (Fsp3) is 0.318. The van der Waals surface area contributed by atoms with Gasteiger partial charge in [-0.25, -0.2) is 4.79 Å². The van der Waals surface area contributed by atoms with Crippen LogP contribution in [-0.2, 0) is 11.2 Å². The molecule has 3 rings (SSSR count). The normalized spacial score (nSPS) is 11.0. The minimum atomic E-state index is -1.05. The molecule has 7 heteroatoms. The monoisotopic (exact) mass is 479 g/mol. The maximum absolute atomic E-state index is 10.7. The highest BCUT2D eigenvalue weighted by molar-refractivity contribution is 9.10. The van der Waals surface area contributed by atoms with Crippen LogP contribution < -0.4 is 9.47 Å². The highest BCUT2D eigenvalue weighted by atomic mass is 79.9. The molecule has 0 aliphatic carbocycles. The van der Waals surface area contributed by atoms with E-state index < -0.39 is 12.6 Å². The predicted octanol–water partition coefficient (Wildman–Crippen LogP) is 6.96. The first-order valence-corrected chi connectivity index (χ1v) is 10.8. The largest absolute Gasteiger partial charge is 0.482 e. The summed E-state index contributed by atoms with van der Waals surface area (Å²) in [7, 11) is 0. The van der Waals surface area contributed by atoms with Crippen LogP contribution in [0.15, 0.2) is 41.0 Å². The van der Waals surface area contributed by atoms with Crippen LogP contribution >= 0.6 is 27.5 Å². The lowest BCUT2D eigenvalue weighted by molar-refractivity contribution is -0.139. The van der Waals surface area contributed by atoms with Gasteiger partial charge in [-0.3, -0.25) is 0 Å². The lowest BCUT2D eigenvalue weighted by Crippen LogP contribution is -2.09. The number of carboxylic acid groups (broad SMARTS) is 1. The quantitative estimate of drug-likeness (QED) is 0.308. The van der Waals surface area contributed by atoms with Gasteiger partial charge in [-0.1, -0.05) is 37.8 Å². The summed E-state index contributed by atoms with van der Waals surface area (Å²) >= 11 is 9.76. The molecule has 154 valence electrons. The second-order valence-electron chi connectivity index (χ2n) is 6.83. The molecule has 0 amide bonds. The van der Waals surface area contributed by atoms with Gasteiger partial charge in [-0.15, -0.1) is 0 Å². The van der Waals surface area contributed by atoms with Crippen LogP contribution in [0, 0.1) is 0 Å². The fourth-order valence-corrected chi connectivity index (χ4v) is 4.03. The van der Waals surface area contributed by atoms with Crippen LogP contribution in [0.1, 0.15) is 38.2 Å². The molecule has 0 bridgehead atoms. The molecular formula is C22H23BrClNO4. The Kier molecular flexibility index (Phi) is 7.45. The molecule has 1 aromatic heterocycles. The van der Waals surface area contributed by atoms with Gasteiger partial charge in [0.15, 0.2) is 12.4 Å². The van der Waals surface area contributed by atoms with Gasteiger partial charge in [-0.05, 0) is 58.6 Å². The molecule has 0 aliphatic heterocycles. The van der Waals surface area contributed by atoms with E-state index in [2.05, 4.69) is 34.0 Å². The fourth-order valence-electron chi connectivity index (χ4n) is 3.15. The van der Waals surface area contributed by atoms with Gasteiger partial charge in [0, 0.05) is 23.2 Å². The first-order chi connectivity index (χ1) is 14.0. The van der Waals surface area contributed by atoms with Gasteiger partial charge < -0.3 is 19.6 Å². The van der Waals surface area contributed by atoms with Gasteiger partial charge in [0.25, 0.3) is 0 Å². The number of ether oxygens (including phenoxy) is 2. The van der Waals surface area contributed by atoms with E-state index in [0.717, 1.165) is 17.3 Å². The maximum atomic E-state index is 10.7. The van der Waals surface area contributed by atoms with Crippen molar-refractivity contribution in [3.63, 3.8) is 0 Å². The second-order valence-corrected chi connectivity index (χ2v) is 8.09. The molecule has 29 heavy (non-hydrogen) atoms. The number of unbranched alkanes of at least 4 members (excludes halogenated alkanes) is 3. The summed E-state index contributed by atoms with van der Waals surface area (Å²) in [6.45, 7) is 1.78. The Morgan fingerprint density at radius 3 is 2.72 bits per heavy atom. The van der Waals surface area contributed by atoms with Gasteiger partial charge in [0.2, 0.25) is 0 Å². The van der Waals surface area contributed by atoms with Gasteiger partial charge in [-0.2, -0.15) is 0 Å². The van der Waals surface area contributed by atoms with Gasteiger partial charge in [0.1, 0.15) is 11.5 Å². The van der Waals surface area contributed by atoms with E-state index in [1.807, 2.05) is 18.2 Å². The molecule has 0 saturated carbocycles. The molecule has 5 nitrogen and oxygen atoms in total. The number of fused-ring (bicyclic) bond motifs is 1. The number of rotatable bonds is 10. The molecule has 0 unspecified atom stereocenters. The smallest absolute Gasteiger partial charge is 0.341 e. The zero-order valence-electron chi connectivity index (χ0n) is 16.1. The number of carboxylic acids is 1. The summed E-state index contributed by atoms with van der Waals surface area (Å²) in [5.41, 5.74) is 2.36. The molecule has 2 aromatic carbocycles. The second kappa shape index (κ2) is 10.0. The number of aryl methyl sites for hydroxylation is 1. The zero-order valence-corrected chi connectivity index (χ0v) is 18.5. The van der Waals surface area contributed by atoms with Crippen LogP contribution in [0.2, 0.25) is 5.02 Å². The highest BCUT2D eigenvalue weighted by Crippen LogP contribution is 2.40. The highest BCUT2D eigenvalue weighted by Gasteiger charge is 2.13. The number of hydrogen-bond donors (Lipinski definition) is 2. The summed E-state index contributed by atoms with van der Waals surface area (Å²) in [5.74, 6) is 0.428. The van der Waals surface area contributed by atoms with E-state index in [4.69, 9.17) is 26.2 Å². The Morgan fingerprint density at radius 1 is 1.17 bits per heavy atom. The lowest BCUT2D eigenvalue weighted by atomic mass is 10.1. The van der Waals surface area contributed by atoms with E-state index in [1.54, 1.807) is 12.1 Å². The molecule has 1 heterocycles. The SMILES string of the molecule is CCCCCCc1c[nH]c2ccc(Oc3c(Cl)cc(OCC(=O)O)cc3Br)cc12. The minimum absolute atomic E-state index is 0.328. The third kappa shape index (κ3) is 5.67. The van der Waals surface area contributed by atoms with E-state index in [0.29, 0.717) is 26.7 Å². The predicted molar refractivity (Wildman–Crippen MR) is 119 cm³/mol. The van der Waals surface area contributed by atoms with Crippen molar-refractivity contribution in [3.8, 4) is 17.2 Å². The van der Waals surface area contributed by atoms with Crippen molar-refractivity contribution in [1.29, 1.82) is 0 Å². The number of halogens is 2. The average molecular weight is 481 g/mol. The number of aromatic amines is 1. The van der Waals surface area contributed by atoms with Crippen molar-refractivity contribution in [3.05, 3.63) is 51.6 Å². The maximum Gasteiger partial charge on any atom is 0.341 e. The number of aromatic nitrogens is 1. The van der Waals surface area contributed by atoms with Crippen molar-refractivity contribution < 1.29 is 19.4 Å². The number of benzene rings is 2. The average Bonchev–Trinajstić information content (AvgIpc) is 3.09. The Labute approximate surface area is 183 Å². The topological polar surface area (TPSA) is 71.5 Å². The van der Waals surface area contributed by atoms with Crippen molar-refractivity contribution in [2.75, 3.05) is 6.61 Å². The Balaban J connectivity index is 1.78. The van der Waals surface area contributed by atoms with Crippen LogP contribution in [0.25, 0.3) is 10.9 Å². The molecule has 2 N–H and O–H groups in total. The van der Waals surface area contributed by atoms with Crippen LogP contribution in [0.3, 0.4) is 0 Å². The Hall–Kier alpha value is -2.18. The van der Waals surface area contributed by atoms with E-state index in [9.17, 15) is 4.79 Å².